The highest BCUT2D eigenvalue weighted by Gasteiger charge is 2.27. The van der Waals surface area contributed by atoms with Crippen LogP contribution in [0.3, 0.4) is 0 Å². The molecule has 1 amide bonds. The molecule has 3 rings (SSSR count). The summed E-state index contributed by atoms with van der Waals surface area (Å²) < 4.78 is 45.6. The van der Waals surface area contributed by atoms with Crippen LogP contribution >= 0.6 is 0 Å². The number of ether oxygens (including phenoxy) is 1. The highest BCUT2D eigenvalue weighted by molar-refractivity contribution is 7.89. The minimum absolute atomic E-state index is 0.0137. The number of anilines is 1. The van der Waals surface area contributed by atoms with Gasteiger partial charge in [0.05, 0.1) is 16.1 Å². The lowest BCUT2D eigenvalue weighted by atomic mass is 10.1. The largest absolute Gasteiger partial charge is 0.452 e. The van der Waals surface area contributed by atoms with Crippen LogP contribution in [0.15, 0.2) is 47.4 Å². The van der Waals surface area contributed by atoms with Gasteiger partial charge in [-0.1, -0.05) is 26.0 Å². The van der Waals surface area contributed by atoms with Gasteiger partial charge in [-0.2, -0.15) is 4.31 Å². The van der Waals surface area contributed by atoms with Gasteiger partial charge in [0.25, 0.3) is 5.91 Å². The van der Waals surface area contributed by atoms with Crippen molar-refractivity contribution in [1.29, 1.82) is 0 Å². The lowest BCUT2D eigenvalue weighted by molar-refractivity contribution is -0.124. The number of hydrogen-bond donors (Lipinski definition) is 1. The molecule has 0 spiro atoms. The van der Waals surface area contributed by atoms with Crippen LogP contribution in [0.1, 0.15) is 42.6 Å². The monoisotopic (exact) mass is 505 g/mol. The molecule has 1 N–H and O–H groups in total. The lowest BCUT2D eigenvalue weighted by Crippen LogP contribution is -2.32. The fourth-order valence-electron chi connectivity index (χ4n) is 4.04. The van der Waals surface area contributed by atoms with Crippen molar-refractivity contribution in [3.8, 4) is 0 Å². The number of carbonyl (C=O) groups excluding carboxylic acids is 2. The summed E-state index contributed by atoms with van der Waals surface area (Å²) in [6.45, 7) is 5.45. The molecule has 0 radical (unpaired) electrons. The van der Waals surface area contributed by atoms with E-state index >= 15 is 0 Å². The second-order valence-corrected chi connectivity index (χ2v) is 10.2. The SMILES string of the molecule is CCN(CC)S(=O)(=O)c1ccc(N2CCCC2)c(C(=O)OCC(=O)NCCc2ccc(F)cc2)c1. The molecular weight excluding hydrogens is 473 g/mol. The summed E-state index contributed by atoms with van der Waals surface area (Å²) in [6, 6.07) is 10.5. The number of benzene rings is 2. The van der Waals surface area contributed by atoms with Gasteiger partial charge < -0.3 is 15.0 Å². The molecule has 10 heteroatoms. The van der Waals surface area contributed by atoms with E-state index in [1.165, 1.54) is 28.6 Å². The third-order valence-corrected chi connectivity index (χ3v) is 8.01. The van der Waals surface area contributed by atoms with Gasteiger partial charge in [-0.15, -0.1) is 0 Å². The van der Waals surface area contributed by atoms with E-state index in [0.717, 1.165) is 31.5 Å². The van der Waals surface area contributed by atoms with Gasteiger partial charge in [0.1, 0.15) is 5.82 Å². The van der Waals surface area contributed by atoms with E-state index in [9.17, 15) is 22.4 Å². The summed E-state index contributed by atoms with van der Waals surface area (Å²) in [7, 11) is -3.77. The molecule has 0 saturated carbocycles. The van der Waals surface area contributed by atoms with Crippen molar-refractivity contribution in [1.82, 2.24) is 9.62 Å². The minimum Gasteiger partial charge on any atom is -0.452 e. The Bertz CT molecular complexity index is 1130. The predicted molar refractivity (Wildman–Crippen MR) is 131 cm³/mol. The summed E-state index contributed by atoms with van der Waals surface area (Å²) in [5.41, 5.74) is 1.59. The highest BCUT2D eigenvalue weighted by Crippen LogP contribution is 2.29. The van der Waals surface area contributed by atoms with E-state index in [-0.39, 0.29) is 16.3 Å². The van der Waals surface area contributed by atoms with Gasteiger partial charge in [0, 0.05) is 32.7 Å². The lowest BCUT2D eigenvalue weighted by Gasteiger charge is -2.23. The Hall–Kier alpha value is -2.98. The van der Waals surface area contributed by atoms with Crippen LogP contribution in [0.2, 0.25) is 0 Å². The molecule has 1 aliphatic rings. The van der Waals surface area contributed by atoms with Gasteiger partial charge >= 0.3 is 5.97 Å². The van der Waals surface area contributed by atoms with Crippen molar-refractivity contribution in [2.45, 2.75) is 38.0 Å². The van der Waals surface area contributed by atoms with Gasteiger partial charge in [-0.05, 0) is 55.2 Å². The number of nitrogens with one attached hydrogen (secondary N) is 1. The molecule has 8 nitrogen and oxygen atoms in total. The van der Waals surface area contributed by atoms with Crippen LogP contribution in [0.4, 0.5) is 10.1 Å². The molecule has 1 fully saturated rings. The van der Waals surface area contributed by atoms with Crippen molar-refractivity contribution < 1.29 is 27.1 Å². The third kappa shape index (κ3) is 6.79. The Morgan fingerprint density at radius 3 is 2.34 bits per heavy atom. The molecule has 0 aliphatic carbocycles. The molecule has 0 bridgehead atoms. The summed E-state index contributed by atoms with van der Waals surface area (Å²) >= 11 is 0. The average Bonchev–Trinajstić information content (AvgIpc) is 3.39. The van der Waals surface area contributed by atoms with Crippen LogP contribution < -0.4 is 10.2 Å². The number of halogens is 1. The first kappa shape index (κ1) is 26.6. The van der Waals surface area contributed by atoms with E-state index in [0.29, 0.717) is 31.7 Å². The summed E-state index contributed by atoms with van der Waals surface area (Å²) in [6.07, 6.45) is 2.46. The van der Waals surface area contributed by atoms with Gasteiger partial charge in [-0.3, -0.25) is 4.79 Å². The predicted octanol–water partition coefficient (Wildman–Crippen LogP) is 2.97. The standard InChI is InChI=1S/C25H32FN3O5S/c1-3-29(4-2)35(32,33)21-11-12-23(28-15-5-6-16-28)22(17-21)25(31)34-18-24(30)27-14-13-19-7-9-20(26)10-8-19/h7-12,17H,3-6,13-16,18H2,1-2H3,(H,27,30). The number of carbonyl (C=O) groups is 2. The van der Waals surface area contributed by atoms with E-state index in [4.69, 9.17) is 4.74 Å². The minimum atomic E-state index is -3.77. The molecule has 1 aliphatic heterocycles. The molecule has 0 unspecified atom stereocenters. The highest BCUT2D eigenvalue weighted by atomic mass is 32.2. The quantitative estimate of drug-likeness (QED) is 0.472. The van der Waals surface area contributed by atoms with Gasteiger partial charge in [0.2, 0.25) is 10.0 Å². The zero-order valence-corrected chi connectivity index (χ0v) is 20.9. The molecule has 0 atom stereocenters. The number of hydrogen-bond acceptors (Lipinski definition) is 6. The Morgan fingerprint density at radius 2 is 1.71 bits per heavy atom. The first-order valence-corrected chi connectivity index (χ1v) is 13.3. The zero-order valence-electron chi connectivity index (χ0n) is 20.1. The number of sulfonamides is 1. The Labute approximate surface area is 206 Å². The molecule has 2 aromatic rings. The van der Waals surface area contributed by atoms with Gasteiger partial charge in [0.15, 0.2) is 6.61 Å². The molecule has 2 aromatic carbocycles. The van der Waals surface area contributed by atoms with Crippen LogP contribution in [0, 0.1) is 5.82 Å². The van der Waals surface area contributed by atoms with Crippen LogP contribution in [0.5, 0.6) is 0 Å². The van der Waals surface area contributed by atoms with Crippen molar-refractivity contribution in [2.75, 3.05) is 44.2 Å². The Kier molecular flexibility index (Phi) is 9.22. The fraction of sp³-hybridized carbons (Fsp3) is 0.440. The van der Waals surface area contributed by atoms with Crippen LogP contribution in [-0.4, -0.2) is 63.9 Å². The van der Waals surface area contributed by atoms with E-state index in [2.05, 4.69) is 5.32 Å². The maximum Gasteiger partial charge on any atom is 0.340 e. The van der Waals surface area contributed by atoms with Gasteiger partial charge in [-0.25, -0.2) is 17.6 Å². The zero-order chi connectivity index (χ0) is 25.4. The maximum absolute atomic E-state index is 13.0. The molecule has 35 heavy (non-hydrogen) atoms. The summed E-state index contributed by atoms with van der Waals surface area (Å²) in [5.74, 6) is -1.56. The number of nitrogens with zero attached hydrogens (tertiary/aromatic N) is 2. The first-order valence-electron chi connectivity index (χ1n) is 11.8. The molecule has 190 valence electrons. The summed E-state index contributed by atoms with van der Waals surface area (Å²) in [4.78, 5) is 27.2. The van der Waals surface area contributed by atoms with Crippen LogP contribution in [-0.2, 0) is 26.0 Å². The Morgan fingerprint density at radius 1 is 1.06 bits per heavy atom. The second kappa shape index (κ2) is 12.1. The first-order chi connectivity index (χ1) is 16.8. The number of rotatable bonds is 11. The molecule has 1 saturated heterocycles. The maximum atomic E-state index is 13.0. The second-order valence-electron chi connectivity index (χ2n) is 8.26. The van der Waals surface area contributed by atoms with Crippen molar-refractivity contribution in [3.63, 3.8) is 0 Å². The molecular formula is C25H32FN3O5S. The smallest absolute Gasteiger partial charge is 0.340 e. The molecule has 1 heterocycles. The average molecular weight is 506 g/mol. The van der Waals surface area contributed by atoms with Crippen molar-refractivity contribution >= 4 is 27.6 Å². The van der Waals surface area contributed by atoms with E-state index in [1.54, 1.807) is 32.0 Å². The fourth-order valence-corrected chi connectivity index (χ4v) is 5.53. The number of esters is 1. The van der Waals surface area contributed by atoms with Crippen molar-refractivity contribution in [3.05, 3.63) is 59.4 Å². The Balaban J connectivity index is 1.69. The molecule has 0 aromatic heterocycles. The normalized spacial score (nSPS) is 13.8. The third-order valence-electron chi connectivity index (χ3n) is 5.96. The van der Waals surface area contributed by atoms with E-state index < -0.39 is 28.5 Å². The summed E-state index contributed by atoms with van der Waals surface area (Å²) in [5, 5.41) is 2.67. The topological polar surface area (TPSA) is 96.0 Å². The van der Waals surface area contributed by atoms with Crippen molar-refractivity contribution in [2.24, 2.45) is 0 Å². The van der Waals surface area contributed by atoms with E-state index in [1.807, 2.05) is 4.90 Å². The number of amides is 1. The van der Waals surface area contributed by atoms with Crippen LogP contribution in [0.25, 0.3) is 0 Å².